The molecule has 150 valence electrons. The largest absolute Gasteiger partial charge is 0.491 e. The van der Waals surface area contributed by atoms with E-state index in [0.717, 1.165) is 17.8 Å². The molecule has 1 nitrogen and oxygen atoms in total. The summed E-state index contributed by atoms with van der Waals surface area (Å²) in [6, 6.07) is 11.2. The third-order valence-corrected chi connectivity index (χ3v) is 6.92. The van der Waals surface area contributed by atoms with Crippen LogP contribution < -0.4 is 4.74 Å². The Labute approximate surface area is 167 Å². The number of ether oxygens (including phenoxy) is 1. The summed E-state index contributed by atoms with van der Waals surface area (Å²) in [6.07, 6.45) is 8.01. The van der Waals surface area contributed by atoms with E-state index in [-0.39, 0.29) is 11.3 Å². The summed E-state index contributed by atoms with van der Waals surface area (Å²) in [5.41, 5.74) is 2.34. The van der Waals surface area contributed by atoms with Crippen molar-refractivity contribution >= 4 is 0 Å². The second kappa shape index (κ2) is 8.23. The first-order valence-electron chi connectivity index (χ1n) is 10.8. The number of rotatable bonds is 4. The summed E-state index contributed by atoms with van der Waals surface area (Å²) in [5, 5.41) is 0. The molecule has 2 saturated carbocycles. The predicted molar refractivity (Wildman–Crippen MR) is 110 cm³/mol. The fourth-order valence-corrected chi connectivity index (χ4v) is 5.38. The molecule has 2 aliphatic carbocycles. The Hall–Kier alpha value is -1.90. The lowest BCUT2D eigenvalue weighted by Crippen LogP contribution is -2.29. The van der Waals surface area contributed by atoms with E-state index in [1.54, 1.807) is 13.0 Å². The van der Waals surface area contributed by atoms with Crippen LogP contribution in [0.1, 0.15) is 63.9 Å². The van der Waals surface area contributed by atoms with Gasteiger partial charge in [-0.1, -0.05) is 37.6 Å². The highest BCUT2D eigenvalue weighted by Gasteiger charge is 2.34. The Bertz CT molecular complexity index is 814. The maximum absolute atomic E-state index is 14.5. The van der Waals surface area contributed by atoms with Gasteiger partial charge in [0.25, 0.3) is 0 Å². The molecule has 0 saturated heterocycles. The normalized spacial score (nSPS) is 27.3. The van der Waals surface area contributed by atoms with E-state index in [9.17, 15) is 8.78 Å². The molecule has 0 amide bonds. The minimum atomic E-state index is -0.909. The Morgan fingerprint density at radius 3 is 2.32 bits per heavy atom. The molecular weight excluding hydrogens is 354 g/mol. The lowest BCUT2D eigenvalue weighted by molar-refractivity contribution is 0.124. The molecule has 2 aliphatic rings. The van der Waals surface area contributed by atoms with Gasteiger partial charge in [-0.15, -0.1) is 0 Å². The van der Waals surface area contributed by atoms with Gasteiger partial charge in [-0.25, -0.2) is 4.39 Å². The molecule has 0 bridgehead atoms. The molecule has 0 radical (unpaired) electrons. The maximum Gasteiger partial charge on any atom is 0.201 e. The van der Waals surface area contributed by atoms with Crippen molar-refractivity contribution in [3.8, 4) is 16.9 Å². The molecule has 4 atom stereocenters. The number of halogens is 2. The Morgan fingerprint density at radius 2 is 1.57 bits per heavy atom. The molecule has 1 unspecified atom stereocenters. The van der Waals surface area contributed by atoms with Crippen LogP contribution in [-0.4, -0.2) is 6.61 Å². The molecule has 0 aliphatic heterocycles. The van der Waals surface area contributed by atoms with E-state index >= 15 is 0 Å². The van der Waals surface area contributed by atoms with E-state index < -0.39 is 11.6 Å². The molecule has 0 N–H and O–H groups in total. The zero-order chi connectivity index (χ0) is 19.7. The topological polar surface area (TPSA) is 9.23 Å². The number of benzene rings is 2. The van der Waals surface area contributed by atoms with Crippen LogP contribution in [0.25, 0.3) is 11.1 Å². The Balaban J connectivity index is 1.50. The fourth-order valence-electron chi connectivity index (χ4n) is 5.38. The minimum absolute atomic E-state index is 0.0288. The van der Waals surface area contributed by atoms with Gasteiger partial charge >= 0.3 is 0 Å². The highest BCUT2D eigenvalue weighted by molar-refractivity contribution is 5.65. The van der Waals surface area contributed by atoms with Crippen LogP contribution >= 0.6 is 0 Å². The van der Waals surface area contributed by atoms with Crippen molar-refractivity contribution in [1.29, 1.82) is 0 Å². The predicted octanol–water partition coefficient (Wildman–Crippen LogP) is 7.35. The summed E-state index contributed by atoms with van der Waals surface area (Å²) < 4.78 is 33.8. The molecular formula is C25H30F2O. The Kier molecular flexibility index (Phi) is 5.70. The first kappa shape index (κ1) is 19.4. The van der Waals surface area contributed by atoms with E-state index in [2.05, 4.69) is 19.1 Å². The molecule has 0 spiro atoms. The van der Waals surface area contributed by atoms with Gasteiger partial charge in [-0.2, -0.15) is 4.39 Å². The standard InChI is InChI=1S/C25H30F2O/c1-3-28-23-13-12-22(24(26)25(23)27)18-8-6-17(7-9-18)20-11-10-19-14-16(2)4-5-21(19)15-20/h6-9,12-13,16,19-21H,3-5,10-11,14-15H2,1-2H3/t16?,19-,20-,21-/m1/s1. The van der Waals surface area contributed by atoms with E-state index in [1.165, 1.54) is 50.2 Å². The van der Waals surface area contributed by atoms with Crippen molar-refractivity contribution in [2.45, 2.75) is 58.3 Å². The second-order valence-corrected chi connectivity index (χ2v) is 8.74. The van der Waals surface area contributed by atoms with Crippen LogP contribution in [-0.2, 0) is 0 Å². The monoisotopic (exact) mass is 384 g/mol. The van der Waals surface area contributed by atoms with Gasteiger partial charge in [0, 0.05) is 5.56 Å². The Morgan fingerprint density at radius 1 is 0.857 bits per heavy atom. The third-order valence-electron chi connectivity index (χ3n) is 6.92. The quantitative estimate of drug-likeness (QED) is 0.535. The number of hydrogen-bond donors (Lipinski definition) is 0. The lowest BCUT2D eigenvalue weighted by atomic mass is 9.64. The molecule has 2 aromatic rings. The molecule has 3 heteroatoms. The summed E-state index contributed by atoms with van der Waals surface area (Å²) in [4.78, 5) is 0. The van der Waals surface area contributed by atoms with Crippen molar-refractivity contribution in [3.63, 3.8) is 0 Å². The first-order chi connectivity index (χ1) is 13.6. The van der Waals surface area contributed by atoms with Gasteiger partial charge in [0.05, 0.1) is 6.61 Å². The second-order valence-electron chi connectivity index (χ2n) is 8.74. The van der Waals surface area contributed by atoms with Crippen molar-refractivity contribution in [3.05, 3.63) is 53.6 Å². The van der Waals surface area contributed by atoms with Gasteiger partial charge < -0.3 is 4.74 Å². The summed E-state index contributed by atoms with van der Waals surface area (Å²) >= 11 is 0. The molecule has 0 heterocycles. The van der Waals surface area contributed by atoms with Gasteiger partial charge in [0.15, 0.2) is 11.6 Å². The van der Waals surface area contributed by atoms with Crippen LogP contribution in [0.5, 0.6) is 5.75 Å². The van der Waals surface area contributed by atoms with Crippen molar-refractivity contribution in [2.24, 2.45) is 17.8 Å². The first-order valence-corrected chi connectivity index (χ1v) is 10.8. The zero-order valence-electron chi connectivity index (χ0n) is 16.9. The lowest BCUT2D eigenvalue weighted by Gasteiger charge is -2.41. The van der Waals surface area contributed by atoms with Gasteiger partial charge in [0.2, 0.25) is 5.82 Å². The zero-order valence-corrected chi connectivity index (χ0v) is 16.9. The molecule has 4 rings (SSSR count). The van der Waals surface area contributed by atoms with Crippen LogP contribution in [0.2, 0.25) is 0 Å². The van der Waals surface area contributed by atoms with Crippen molar-refractivity contribution in [2.75, 3.05) is 6.61 Å². The van der Waals surface area contributed by atoms with Crippen molar-refractivity contribution < 1.29 is 13.5 Å². The van der Waals surface area contributed by atoms with E-state index in [1.807, 2.05) is 12.1 Å². The number of fused-ring (bicyclic) bond motifs is 1. The van der Waals surface area contributed by atoms with Crippen LogP contribution in [0, 0.1) is 29.4 Å². The minimum Gasteiger partial charge on any atom is -0.491 e. The molecule has 2 aromatic carbocycles. The van der Waals surface area contributed by atoms with E-state index in [4.69, 9.17) is 4.74 Å². The van der Waals surface area contributed by atoms with Gasteiger partial charge in [-0.05, 0) is 86.0 Å². The summed E-state index contributed by atoms with van der Waals surface area (Å²) in [5.74, 6) is 1.50. The smallest absolute Gasteiger partial charge is 0.201 e. The van der Waals surface area contributed by atoms with Crippen LogP contribution in [0.3, 0.4) is 0 Å². The van der Waals surface area contributed by atoms with Gasteiger partial charge in [0.1, 0.15) is 0 Å². The average molecular weight is 385 g/mol. The van der Waals surface area contributed by atoms with Crippen LogP contribution in [0.15, 0.2) is 36.4 Å². The summed E-state index contributed by atoms with van der Waals surface area (Å²) in [7, 11) is 0. The number of hydrogen-bond acceptors (Lipinski definition) is 1. The highest BCUT2D eigenvalue weighted by atomic mass is 19.2. The molecule has 28 heavy (non-hydrogen) atoms. The molecule has 0 aromatic heterocycles. The SMILES string of the molecule is CCOc1ccc(-c2ccc([C@@H]3CC[C@@H]4CC(C)CC[C@@H]4C3)cc2)c(F)c1F. The fraction of sp³-hybridized carbons (Fsp3) is 0.520. The highest BCUT2D eigenvalue weighted by Crippen LogP contribution is 2.47. The van der Waals surface area contributed by atoms with Crippen molar-refractivity contribution in [1.82, 2.24) is 0 Å². The van der Waals surface area contributed by atoms with Crippen LogP contribution in [0.4, 0.5) is 8.78 Å². The van der Waals surface area contributed by atoms with Gasteiger partial charge in [-0.3, -0.25) is 0 Å². The van der Waals surface area contributed by atoms with E-state index in [0.29, 0.717) is 18.1 Å². The summed E-state index contributed by atoms with van der Waals surface area (Å²) in [6.45, 7) is 4.46. The average Bonchev–Trinajstić information content (AvgIpc) is 2.71. The third kappa shape index (κ3) is 3.81. The maximum atomic E-state index is 14.5. The molecule has 2 fully saturated rings.